The fraction of sp³-hybridized carbons (Fsp3) is 0.481. The highest BCUT2D eigenvalue weighted by molar-refractivity contribution is 6.74. The zero-order chi connectivity index (χ0) is 23.5. The highest BCUT2D eigenvalue weighted by atomic mass is 28.4. The van der Waals surface area contributed by atoms with Crippen LogP contribution < -0.4 is 0 Å². The topological polar surface area (TPSA) is 59.4 Å². The van der Waals surface area contributed by atoms with Crippen LogP contribution in [0.1, 0.15) is 52.5 Å². The molecule has 0 aliphatic heterocycles. The number of hydrogen-bond acceptors (Lipinski definition) is 4. The molecule has 4 nitrogen and oxygen atoms in total. The summed E-state index contributed by atoms with van der Waals surface area (Å²) in [6.45, 7) is 13.6. The lowest BCUT2D eigenvalue weighted by Gasteiger charge is -2.38. The Bertz CT molecular complexity index is 951. The summed E-state index contributed by atoms with van der Waals surface area (Å²) in [4.78, 5) is 12.7. The summed E-state index contributed by atoms with van der Waals surface area (Å²) in [7, 11) is -1.93. The van der Waals surface area contributed by atoms with Gasteiger partial charge in [-0.1, -0.05) is 74.4 Å². The summed E-state index contributed by atoms with van der Waals surface area (Å²) in [6.07, 6.45) is 8.07. The van der Waals surface area contributed by atoms with Gasteiger partial charge in [-0.25, -0.2) is 4.79 Å². The van der Waals surface area contributed by atoms with E-state index in [0.717, 1.165) is 23.1 Å². The molecule has 3 rings (SSSR count). The average Bonchev–Trinajstić information content (AvgIpc) is 3.07. The molecule has 0 radical (unpaired) electrons. The summed E-state index contributed by atoms with van der Waals surface area (Å²) in [6, 6.07) is 9.72. The molecule has 1 N–H and O–H groups in total. The van der Waals surface area contributed by atoms with Crippen molar-refractivity contribution < 1.29 is 14.0 Å². The van der Waals surface area contributed by atoms with Crippen molar-refractivity contribution >= 4 is 20.0 Å². The van der Waals surface area contributed by atoms with E-state index < -0.39 is 8.32 Å². The number of rotatable bonds is 6. The molecule has 0 spiro atoms. The molecular formula is C27H37NO3Si. The minimum atomic E-state index is -1.93. The van der Waals surface area contributed by atoms with Crippen LogP contribution in [0.4, 0.5) is 0 Å². The maximum Gasteiger partial charge on any atom is 0.331 e. The minimum absolute atomic E-state index is 0.0332. The van der Waals surface area contributed by atoms with Crippen molar-refractivity contribution in [2.24, 2.45) is 5.92 Å². The fourth-order valence-corrected chi connectivity index (χ4v) is 5.46. The minimum Gasteiger partial charge on any atom is -0.458 e. The number of hydrogen-bond donors (Lipinski definition) is 1. The van der Waals surface area contributed by atoms with E-state index in [9.17, 15) is 4.79 Å². The van der Waals surface area contributed by atoms with Crippen LogP contribution in [0, 0.1) is 11.3 Å². The van der Waals surface area contributed by atoms with E-state index >= 15 is 0 Å². The molecule has 1 aromatic carbocycles. The first kappa shape index (κ1) is 24.4. The van der Waals surface area contributed by atoms with E-state index in [0.29, 0.717) is 18.6 Å². The smallest absolute Gasteiger partial charge is 0.331 e. The molecule has 0 heterocycles. The van der Waals surface area contributed by atoms with Gasteiger partial charge < -0.3 is 14.6 Å². The molecule has 1 saturated carbocycles. The van der Waals surface area contributed by atoms with E-state index in [-0.39, 0.29) is 29.6 Å². The van der Waals surface area contributed by atoms with Crippen LogP contribution in [0.5, 0.6) is 0 Å². The summed E-state index contributed by atoms with van der Waals surface area (Å²) in [5.41, 5.74) is 4.85. The van der Waals surface area contributed by atoms with Crippen LogP contribution in [0.25, 0.3) is 0 Å². The van der Waals surface area contributed by atoms with Crippen LogP contribution >= 0.6 is 0 Å². The zero-order valence-electron chi connectivity index (χ0n) is 20.3. The highest BCUT2D eigenvalue weighted by Gasteiger charge is 2.43. The molecule has 0 unspecified atom stereocenters. The number of allylic oxidation sites excluding steroid dienone is 4. The van der Waals surface area contributed by atoms with Crippen LogP contribution in [0.2, 0.25) is 18.1 Å². The van der Waals surface area contributed by atoms with Gasteiger partial charge in [-0.2, -0.15) is 0 Å². The summed E-state index contributed by atoms with van der Waals surface area (Å²) in [5.74, 6) is -0.289. The second kappa shape index (κ2) is 9.71. The predicted molar refractivity (Wildman–Crippen MR) is 133 cm³/mol. The van der Waals surface area contributed by atoms with Gasteiger partial charge in [0.05, 0.1) is 0 Å². The molecule has 0 amide bonds. The number of nitrogens with one attached hydrogen (secondary N) is 1. The first-order valence-electron chi connectivity index (χ1n) is 11.5. The lowest BCUT2D eigenvalue weighted by molar-refractivity contribution is -0.139. The fourth-order valence-electron chi connectivity index (χ4n) is 4.09. The van der Waals surface area contributed by atoms with Gasteiger partial charge in [-0.05, 0) is 49.0 Å². The number of carbonyl (C=O) groups is 1. The third-order valence-electron chi connectivity index (χ3n) is 6.93. The maximum absolute atomic E-state index is 12.7. The number of benzene rings is 1. The van der Waals surface area contributed by atoms with E-state index in [2.05, 4.69) is 52.9 Å². The Morgan fingerprint density at radius 1 is 1.19 bits per heavy atom. The third-order valence-corrected chi connectivity index (χ3v) is 11.5. The highest BCUT2D eigenvalue weighted by Crippen LogP contribution is 2.44. The quantitative estimate of drug-likeness (QED) is 0.295. The van der Waals surface area contributed by atoms with Crippen molar-refractivity contribution in [2.45, 2.75) is 77.8 Å². The molecule has 32 heavy (non-hydrogen) atoms. The van der Waals surface area contributed by atoms with Gasteiger partial charge in [0, 0.05) is 30.2 Å². The molecule has 1 fully saturated rings. The Hall–Kier alpha value is -2.24. The third kappa shape index (κ3) is 5.96. The van der Waals surface area contributed by atoms with Gasteiger partial charge in [0.1, 0.15) is 6.61 Å². The van der Waals surface area contributed by atoms with E-state index in [4.69, 9.17) is 14.6 Å². The largest absolute Gasteiger partial charge is 0.458 e. The Balaban J connectivity index is 1.80. The van der Waals surface area contributed by atoms with Gasteiger partial charge in [0.25, 0.3) is 0 Å². The molecular weight excluding hydrogens is 414 g/mol. The van der Waals surface area contributed by atoms with Crippen LogP contribution in [-0.4, -0.2) is 26.1 Å². The molecule has 1 aromatic rings. The molecule has 2 aliphatic carbocycles. The van der Waals surface area contributed by atoms with Crippen molar-refractivity contribution in [3.8, 4) is 0 Å². The Labute approximate surface area is 194 Å². The first-order valence-corrected chi connectivity index (χ1v) is 14.4. The predicted octanol–water partition coefficient (Wildman–Crippen LogP) is 6.75. The van der Waals surface area contributed by atoms with Gasteiger partial charge in [0.2, 0.25) is 0 Å². The number of ether oxygens (including phenoxy) is 1. The molecule has 0 bridgehead atoms. The van der Waals surface area contributed by atoms with Gasteiger partial charge in [-0.15, -0.1) is 0 Å². The SMILES string of the molecule is CC1=CC=C([C@@H]2C[C@@H](O[Si](C)(C)C(C)(C)C)C/C2=C\C(=O)OCc2ccccc2)C(=N)C1. The molecule has 0 saturated heterocycles. The monoisotopic (exact) mass is 451 g/mol. The lowest BCUT2D eigenvalue weighted by atomic mass is 9.84. The van der Waals surface area contributed by atoms with Crippen molar-refractivity contribution in [1.82, 2.24) is 0 Å². The molecule has 2 aliphatic rings. The van der Waals surface area contributed by atoms with Gasteiger partial charge >= 0.3 is 5.97 Å². The van der Waals surface area contributed by atoms with Crippen molar-refractivity contribution in [1.29, 1.82) is 5.41 Å². The Kier molecular flexibility index (Phi) is 7.41. The summed E-state index contributed by atoms with van der Waals surface area (Å²) in [5, 5.41) is 8.69. The molecule has 172 valence electrons. The normalized spacial score (nSPS) is 23.2. The van der Waals surface area contributed by atoms with Gasteiger partial charge in [-0.3, -0.25) is 0 Å². The average molecular weight is 452 g/mol. The second-order valence-electron chi connectivity index (χ2n) is 10.6. The second-order valence-corrected chi connectivity index (χ2v) is 15.4. The van der Waals surface area contributed by atoms with E-state index in [1.165, 1.54) is 5.57 Å². The number of carbonyl (C=O) groups excluding carboxylic acids is 1. The van der Waals surface area contributed by atoms with E-state index in [1.807, 2.05) is 30.3 Å². The van der Waals surface area contributed by atoms with Crippen molar-refractivity contribution in [3.05, 3.63) is 70.8 Å². The Morgan fingerprint density at radius 2 is 1.88 bits per heavy atom. The van der Waals surface area contributed by atoms with Crippen molar-refractivity contribution in [2.75, 3.05) is 0 Å². The maximum atomic E-state index is 12.7. The number of esters is 1. The van der Waals surface area contributed by atoms with Crippen LogP contribution in [-0.2, 0) is 20.6 Å². The zero-order valence-corrected chi connectivity index (χ0v) is 21.3. The molecule has 0 aromatic heterocycles. The standard InChI is InChI=1S/C27H37NO3Si/c1-19-12-13-23(25(28)14-19)24-17-22(31-32(5,6)27(2,3)4)15-21(24)16-26(29)30-18-20-10-8-7-9-11-20/h7-13,16,22,24,28H,14-15,17-18H2,1-6H3/b21-16+,28-25?/t22-,24+/m0/s1. The first-order chi connectivity index (χ1) is 15.0. The van der Waals surface area contributed by atoms with Crippen molar-refractivity contribution in [3.63, 3.8) is 0 Å². The van der Waals surface area contributed by atoms with E-state index in [1.54, 1.807) is 6.08 Å². The molecule has 5 heteroatoms. The Morgan fingerprint density at radius 3 is 2.50 bits per heavy atom. The van der Waals surface area contributed by atoms with Gasteiger partial charge in [0.15, 0.2) is 8.32 Å². The van der Waals surface area contributed by atoms with Crippen LogP contribution in [0.15, 0.2) is 65.3 Å². The lowest BCUT2D eigenvalue weighted by Crippen LogP contribution is -2.43. The summed E-state index contributed by atoms with van der Waals surface area (Å²) < 4.78 is 12.2. The summed E-state index contributed by atoms with van der Waals surface area (Å²) >= 11 is 0. The molecule has 2 atom stereocenters. The van der Waals surface area contributed by atoms with Crippen LogP contribution in [0.3, 0.4) is 0 Å².